The van der Waals surface area contributed by atoms with Gasteiger partial charge in [0.1, 0.15) is 12.1 Å². The molecular formula is C11H14N6O2. The number of nitrogens with one attached hydrogen (secondary N) is 1. The maximum Gasteiger partial charge on any atom is 0.337 e. The molecule has 8 heteroatoms. The van der Waals surface area contributed by atoms with E-state index in [0.29, 0.717) is 12.4 Å². The molecule has 0 saturated heterocycles. The van der Waals surface area contributed by atoms with Gasteiger partial charge in [-0.3, -0.25) is 0 Å². The number of aryl methyl sites for hydroxylation is 1. The van der Waals surface area contributed by atoms with Crippen molar-refractivity contribution in [3.05, 3.63) is 30.0 Å². The molecule has 0 fully saturated rings. The molecular weight excluding hydrogens is 248 g/mol. The first-order valence-corrected chi connectivity index (χ1v) is 5.71. The number of pyridine rings is 1. The standard InChI is InChI=1S/C11H14N6O2/c1-2-17-6-15-16-8(17)5-14-10-9(12)7(11(18)19)3-4-13-10/h3-4,6H,2,5,12H2,1H3,(H,13,14)(H,18,19). The van der Waals surface area contributed by atoms with Crippen LogP contribution in [0.2, 0.25) is 0 Å². The average Bonchev–Trinajstić information content (AvgIpc) is 2.84. The van der Waals surface area contributed by atoms with Gasteiger partial charge in [0.2, 0.25) is 0 Å². The highest BCUT2D eigenvalue weighted by molar-refractivity contribution is 5.96. The first-order chi connectivity index (χ1) is 9.13. The molecule has 0 aliphatic heterocycles. The van der Waals surface area contributed by atoms with E-state index in [1.165, 1.54) is 12.3 Å². The molecule has 2 heterocycles. The van der Waals surface area contributed by atoms with Crippen LogP contribution in [0.4, 0.5) is 11.5 Å². The van der Waals surface area contributed by atoms with E-state index < -0.39 is 5.97 Å². The van der Waals surface area contributed by atoms with Gasteiger partial charge in [-0.15, -0.1) is 10.2 Å². The molecule has 0 aliphatic rings. The third kappa shape index (κ3) is 2.62. The number of nitrogens with zero attached hydrogens (tertiary/aromatic N) is 4. The van der Waals surface area contributed by atoms with Crippen LogP contribution in [0.5, 0.6) is 0 Å². The zero-order valence-electron chi connectivity index (χ0n) is 10.4. The fourth-order valence-corrected chi connectivity index (χ4v) is 1.64. The lowest BCUT2D eigenvalue weighted by molar-refractivity contribution is 0.0698. The monoisotopic (exact) mass is 262 g/mol. The normalized spacial score (nSPS) is 10.4. The van der Waals surface area contributed by atoms with Crippen molar-refractivity contribution in [1.82, 2.24) is 19.7 Å². The van der Waals surface area contributed by atoms with Crippen LogP contribution in [0.3, 0.4) is 0 Å². The second-order valence-electron chi connectivity index (χ2n) is 3.81. The Balaban J connectivity index is 2.16. The fourth-order valence-electron chi connectivity index (χ4n) is 1.64. The number of anilines is 2. The van der Waals surface area contributed by atoms with Gasteiger partial charge in [0.25, 0.3) is 0 Å². The highest BCUT2D eigenvalue weighted by Gasteiger charge is 2.12. The Hall–Kier alpha value is -2.64. The minimum atomic E-state index is -1.08. The van der Waals surface area contributed by atoms with E-state index in [4.69, 9.17) is 10.8 Å². The van der Waals surface area contributed by atoms with E-state index in [1.807, 2.05) is 11.5 Å². The maximum atomic E-state index is 10.9. The molecule has 0 aliphatic carbocycles. The van der Waals surface area contributed by atoms with Crippen LogP contribution in [0.25, 0.3) is 0 Å². The summed E-state index contributed by atoms with van der Waals surface area (Å²) in [5, 5.41) is 19.7. The molecule has 19 heavy (non-hydrogen) atoms. The second-order valence-corrected chi connectivity index (χ2v) is 3.81. The van der Waals surface area contributed by atoms with Crippen LogP contribution >= 0.6 is 0 Å². The smallest absolute Gasteiger partial charge is 0.337 e. The summed E-state index contributed by atoms with van der Waals surface area (Å²) < 4.78 is 1.87. The summed E-state index contributed by atoms with van der Waals surface area (Å²) in [5.41, 5.74) is 5.88. The summed E-state index contributed by atoms with van der Waals surface area (Å²) in [5.74, 6) is -0.0327. The molecule has 2 rings (SSSR count). The number of carboxylic acids is 1. The van der Waals surface area contributed by atoms with Crippen molar-refractivity contribution in [1.29, 1.82) is 0 Å². The van der Waals surface area contributed by atoms with Gasteiger partial charge in [0.15, 0.2) is 5.82 Å². The van der Waals surface area contributed by atoms with Crippen LogP contribution in [-0.4, -0.2) is 30.8 Å². The van der Waals surface area contributed by atoms with Crippen molar-refractivity contribution in [2.24, 2.45) is 0 Å². The zero-order valence-corrected chi connectivity index (χ0v) is 10.4. The number of hydrogen-bond donors (Lipinski definition) is 3. The quantitative estimate of drug-likeness (QED) is 0.721. The van der Waals surface area contributed by atoms with Gasteiger partial charge < -0.3 is 20.7 Å². The third-order valence-electron chi connectivity index (χ3n) is 2.67. The minimum absolute atomic E-state index is 0.0226. The largest absolute Gasteiger partial charge is 0.478 e. The molecule has 0 amide bonds. The van der Waals surface area contributed by atoms with Gasteiger partial charge in [0, 0.05) is 12.7 Å². The van der Waals surface area contributed by atoms with Crippen molar-refractivity contribution < 1.29 is 9.90 Å². The Morgan fingerprint density at radius 1 is 1.58 bits per heavy atom. The fraction of sp³-hybridized carbons (Fsp3) is 0.273. The lowest BCUT2D eigenvalue weighted by Crippen LogP contribution is -2.12. The van der Waals surface area contributed by atoms with Crippen molar-refractivity contribution in [2.45, 2.75) is 20.0 Å². The maximum absolute atomic E-state index is 10.9. The number of nitrogens with two attached hydrogens (primary N) is 1. The number of rotatable bonds is 5. The Kier molecular flexibility index (Phi) is 3.60. The molecule has 0 unspecified atom stereocenters. The first kappa shape index (κ1) is 12.8. The van der Waals surface area contributed by atoms with E-state index in [1.54, 1.807) is 6.33 Å². The van der Waals surface area contributed by atoms with Crippen LogP contribution in [0.15, 0.2) is 18.6 Å². The molecule has 0 bridgehead atoms. The summed E-state index contributed by atoms with van der Waals surface area (Å²) in [6, 6.07) is 1.36. The number of aromatic nitrogens is 4. The topological polar surface area (TPSA) is 119 Å². The Morgan fingerprint density at radius 2 is 2.37 bits per heavy atom. The molecule has 2 aromatic heterocycles. The zero-order chi connectivity index (χ0) is 13.8. The van der Waals surface area contributed by atoms with Gasteiger partial charge in [0.05, 0.1) is 17.8 Å². The highest BCUT2D eigenvalue weighted by Crippen LogP contribution is 2.20. The predicted octanol–water partition coefficient (Wildman–Crippen LogP) is 0.586. The number of hydrogen-bond acceptors (Lipinski definition) is 6. The van der Waals surface area contributed by atoms with Crippen molar-refractivity contribution >= 4 is 17.5 Å². The summed E-state index contributed by atoms with van der Waals surface area (Å²) in [6.07, 6.45) is 3.02. The Bertz CT molecular complexity index is 595. The van der Waals surface area contributed by atoms with E-state index >= 15 is 0 Å². The minimum Gasteiger partial charge on any atom is -0.478 e. The molecule has 2 aromatic rings. The molecule has 100 valence electrons. The van der Waals surface area contributed by atoms with Gasteiger partial charge in [-0.05, 0) is 13.0 Å². The SMILES string of the molecule is CCn1cnnc1CNc1nccc(C(=O)O)c1N. The highest BCUT2D eigenvalue weighted by atomic mass is 16.4. The van der Waals surface area contributed by atoms with Crippen LogP contribution in [-0.2, 0) is 13.1 Å². The van der Waals surface area contributed by atoms with E-state index in [-0.39, 0.29) is 11.3 Å². The molecule has 0 saturated carbocycles. The van der Waals surface area contributed by atoms with Crippen LogP contribution < -0.4 is 11.1 Å². The number of carbonyl (C=O) groups is 1. The lowest BCUT2D eigenvalue weighted by atomic mass is 10.2. The number of carboxylic acid groups (broad SMARTS) is 1. The predicted molar refractivity (Wildman–Crippen MR) is 68.6 cm³/mol. The molecule has 8 nitrogen and oxygen atoms in total. The van der Waals surface area contributed by atoms with Crippen molar-refractivity contribution in [2.75, 3.05) is 11.1 Å². The van der Waals surface area contributed by atoms with E-state index in [9.17, 15) is 4.79 Å². The molecule has 0 spiro atoms. The lowest BCUT2D eigenvalue weighted by Gasteiger charge is -2.09. The Labute approximate surface area is 109 Å². The van der Waals surface area contributed by atoms with Gasteiger partial charge in [-0.2, -0.15) is 0 Å². The average molecular weight is 262 g/mol. The number of nitrogen functional groups attached to an aromatic ring is 1. The van der Waals surface area contributed by atoms with E-state index in [0.717, 1.165) is 12.4 Å². The Morgan fingerprint density at radius 3 is 3.05 bits per heavy atom. The van der Waals surface area contributed by atoms with Crippen molar-refractivity contribution in [3.8, 4) is 0 Å². The third-order valence-corrected chi connectivity index (χ3v) is 2.67. The summed E-state index contributed by atoms with van der Waals surface area (Å²) in [6.45, 7) is 3.10. The molecule has 0 atom stereocenters. The second kappa shape index (κ2) is 5.34. The molecule has 4 N–H and O–H groups in total. The number of aromatic carboxylic acids is 1. The van der Waals surface area contributed by atoms with Gasteiger partial charge in [-0.1, -0.05) is 0 Å². The van der Waals surface area contributed by atoms with Crippen molar-refractivity contribution in [3.63, 3.8) is 0 Å². The summed E-state index contributed by atoms with van der Waals surface area (Å²) >= 11 is 0. The molecule has 0 aromatic carbocycles. The van der Waals surface area contributed by atoms with Crippen LogP contribution in [0.1, 0.15) is 23.1 Å². The molecule has 0 radical (unpaired) electrons. The summed E-state index contributed by atoms with van der Waals surface area (Å²) in [4.78, 5) is 15.0. The van der Waals surface area contributed by atoms with Crippen LogP contribution in [0, 0.1) is 0 Å². The van der Waals surface area contributed by atoms with Gasteiger partial charge in [-0.25, -0.2) is 9.78 Å². The summed E-state index contributed by atoms with van der Waals surface area (Å²) in [7, 11) is 0. The van der Waals surface area contributed by atoms with E-state index in [2.05, 4.69) is 20.5 Å². The first-order valence-electron chi connectivity index (χ1n) is 5.71. The van der Waals surface area contributed by atoms with Gasteiger partial charge >= 0.3 is 5.97 Å².